The van der Waals surface area contributed by atoms with E-state index in [4.69, 9.17) is 9.84 Å². The Morgan fingerprint density at radius 1 is 1.32 bits per heavy atom. The van der Waals surface area contributed by atoms with Crippen molar-refractivity contribution in [3.8, 4) is 0 Å². The van der Waals surface area contributed by atoms with Crippen LogP contribution in [0.2, 0.25) is 0 Å². The third-order valence-electron chi connectivity index (χ3n) is 3.44. The molecule has 1 fully saturated rings. The van der Waals surface area contributed by atoms with Crippen molar-refractivity contribution in [1.29, 1.82) is 0 Å². The predicted octanol–water partition coefficient (Wildman–Crippen LogP) is 2.27. The summed E-state index contributed by atoms with van der Waals surface area (Å²) in [5.74, 6) is -0.893. The summed E-state index contributed by atoms with van der Waals surface area (Å²) in [5.41, 5.74) is 2.47. The summed E-state index contributed by atoms with van der Waals surface area (Å²) in [5, 5.41) is 9.00. The molecule has 1 aliphatic rings. The molecule has 2 rings (SSSR count). The van der Waals surface area contributed by atoms with Crippen LogP contribution < -0.4 is 4.90 Å². The molecule has 1 saturated heterocycles. The Hall–Kier alpha value is -1.55. The van der Waals surface area contributed by atoms with E-state index in [2.05, 4.69) is 49.9 Å². The highest BCUT2D eigenvalue weighted by atomic mass is 16.5. The van der Waals surface area contributed by atoms with Gasteiger partial charge in [0.25, 0.3) is 0 Å². The van der Waals surface area contributed by atoms with Crippen LogP contribution in [-0.2, 0) is 14.9 Å². The lowest BCUT2D eigenvalue weighted by Crippen LogP contribution is -2.46. The summed E-state index contributed by atoms with van der Waals surface area (Å²) >= 11 is 0. The zero-order chi connectivity index (χ0) is 14.0. The van der Waals surface area contributed by atoms with E-state index in [0.717, 1.165) is 12.2 Å². The van der Waals surface area contributed by atoms with Crippen LogP contribution in [0.15, 0.2) is 24.3 Å². The van der Waals surface area contributed by atoms with Gasteiger partial charge in [-0.3, -0.25) is 0 Å². The highest BCUT2D eigenvalue weighted by molar-refractivity contribution is 5.73. The van der Waals surface area contributed by atoms with Crippen LogP contribution in [0.1, 0.15) is 26.3 Å². The molecule has 1 N–H and O–H groups in total. The molecule has 1 aromatic rings. The van der Waals surface area contributed by atoms with Crippen molar-refractivity contribution in [2.24, 2.45) is 0 Å². The number of rotatable bonds is 2. The highest BCUT2D eigenvalue weighted by Crippen LogP contribution is 2.25. The minimum absolute atomic E-state index is 0.132. The molecule has 1 aliphatic heterocycles. The number of aliphatic carboxylic acids is 1. The van der Waals surface area contributed by atoms with E-state index in [1.54, 1.807) is 0 Å². The van der Waals surface area contributed by atoms with Gasteiger partial charge in [0.2, 0.25) is 0 Å². The summed E-state index contributed by atoms with van der Waals surface area (Å²) < 4.78 is 5.23. The molecule has 0 radical (unpaired) electrons. The average Bonchev–Trinajstić information content (AvgIpc) is 2.38. The maximum atomic E-state index is 11.0. The molecule has 1 heterocycles. The Kier molecular flexibility index (Phi) is 3.80. The molecule has 1 atom stereocenters. The van der Waals surface area contributed by atoms with Gasteiger partial charge >= 0.3 is 5.97 Å². The summed E-state index contributed by atoms with van der Waals surface area (Å²) in [7, 11) is 0. The monoisotopic (exact) mass is 263 g/mol. The lowest BCUT2D eigenvalue weighted by Gasteiger charge is -2.33. The molecule has 19 heavy (non-hydrogen) atoms. The Morgan fingerprint density at radius 3 is 2.47 bits per heavy atom. The molecule has 1 aromatic carbocycles. The smallest absolute Gasteiger partial charge is 0.334 e. The number of carboxylic acid groups (broad SMARTS) is 1. The van der Waals surface area contributed by atoms with Gasteiger partial charge in [-0.15, -0.1) is 0 Å². The van der Waals surface area contributed by atoms with Gasteiger partial charge in [-0.1, -0.05) is 32.9 Å². The Morgan fingerprint density at radius 2 is 1.95 bits per heavy atom. The molecule has 104 valence electrons. The van der Waals surface area contributed by atoms with E-state index in [0.29, 0.717) is 13.2 Å². The van der Waals surface area contributed by atoms with Crippen LogP contribution in [0, 0.1) is 0 Å². The molecule has 0 aromatic heterocycles. The number of carboxylic acids is 1. The number of morpholine rings is 1. The van der Waals surface area contributed by atoms with E-state index < -0.39 is 12.1 Å². The number of ether oxygens (including phenoxy) is 1. The third-order valence-corrected chi connectivity index (χ3v) is 3.44. The Balaban J connectivity index is 2.12. The quantitative estimate of drug-likeness (QED) is 0.889. The van der Waals surface area contributed by atoms with Crippen LogP contribution in [-0.4, -0.2) is 36.9 Å². The topological polar surface area (TPSA) is 49.8 Å². The van der Waals surface area contributed by atoms with E-state index in [-0.39, 0.29) is 5.41 Å². The van der Waals surface area contributed by atoms with Crippen LogP contribution >= 0.6 is 0 Å². The van der Waals surface area contributed by atoms with Crippen molar-refractivity contribution in [3.05, 3.63) is 29.8 Å². The first-order valence-corrected chi connectivity index (χ1v) is 6.58. The number of carbonyl (C=O) groups is 1. The summed E-state index contributed by atoms with van der Waals surface area (Å²) in [4.78, 5) is 13.0. The molecule has 1 unspecified atom stereocenters. The van der Waals surface area contributed by atoms with Crippen molar-refractivity contribution in [2.75, 3.05) is 24.6 Å². The van der Waals surface area contributed by atoms with Crippen LogP contribution in [0.4, 0.5) is 5.69 Å². The van der Waals surface area contributed by atoms with Crippen molar-refractivity contribution in [1.82, 2.24) is 0 Å². The number of hydrogen-bond donors (Lipinski definition) is 1. The fourth-order valence-electron chi connectivity index (χ4n) is 2.21. The van der Waals surface area contributed by atoms with Crippen molar-refractivity contribution >= 4 is 11.7 Å². The lowest BCUT2D eigenvalue weighted by molar-refractivity contribution is -0.150. The minimum atomic E-state index is -0.893. The van der Waals surface area contributed by atoms with E-state index >= 15 is 0 Å². The van der Waals surface area contributed by atoms with Crippen LogP contribution in [0.3, 0.4) is 0 Å². The molecule has 0 aliphatic carbocycles. The summed E-state index contributed by atoms with van der Waals surface area (Å²) in [6, 6.07) is 8.34. The lowest BCUT2D eigenvalue weighted by atomic mass is 9.87. The molecule has 4 heteroatoms. The van der Waals surface area contributed by atoms with Gasteiger partial charge in [0.05, 0.1) is 13.2 Å². The maximum absolute atomic E-state index is 11.0. The van der Waals surface area contributed by atoms with Crippen molar-refractivity contribution in [3.63, 3.8) is 0 Å². The van der Waals surface area contributed by atoms with Crippen molar-refractivity contribution in [2.45, 2.75) is 32.3 Å². The fourth-order valence-corrected chi connectivity index (χ4v) is 2.21. The van der Waals surface area contributed by atoms with E-state index in [1.807, 2.05) is 0 Å². The number of anilines is 1. The SMILES string of the molecule is CC(C)(C)c1ccc(N2CCOC(C(=O)O)C2)cc1. The average molecular weight is 263 g/mol. The molecule has 0 spiro atoms. The second kappa shape index (κ2) is 5.21. The Labute approximate surface area is 114 Å². The first-order valence-electron chi connectivity index (χ1n) is 6.58. The van der Waals surface area contributed by atoms with Gasteiger partial charge in [-0.2, -0.15) is 0 Å². The molecular weight excluding hydrogens is 242 g/mol. The first kappa shape index (κ1) is 13.9. The molecule has 4 nitrogen and oxygen atoms in total. The second-order valence-electron chi connectivity index (χ2n) is 5.94. The second-order valence-corrected chi connectivity index (χ2v) is 5.94. The normalized spacial score (nSPS) is 20.4. The number of hydrogen-bond acceptors (Lipinski definition) is 3. The summed E-state index contributed by atoms with van der Waals surface area (Å²) in [6.45, 7) is 8.13. The van der Waals surface area contributed by atoms with E-state index in [1.165, 1.54) is 5.56 Å². The zero-order valence-electron chi connectivity index (χ0n) is 11.7. The zero-order valence-corrected chi connectivity index (χ0v) is 11.7. The fraction of sp³-hybridized carbons (Fsp3) is 0.533. The van der Waals surface area contributed by atoms with Crippen LogP contribution in [0.5, 0.6) is 0 Å². The van der Waals surface area contributed by atoms with E-state index in [9.17, 15) is 4.79 Å². The maximum Gasteiger partial charge on any atom is 0.334 e. The third kappa shape index (κ3) is 3.26. The van der Waals surface area contributed by atoms with Gasteiger partial charge in [-0.25, -0.2) is 4.79 Å². The van der Waals surface area contributed by atoms with Gasteiger partial charge in [-0.05, 0) is 23.1 Å². The minimum Gasteiger partial charge on any atom is -0.479 e. The summed E-state index contributed by atoms with van der Waals surface area (Å²) in [6.07, 6.45) is -0.726. The number of benzene rings is 1. The number of nitrogens with zero attached hydrogens (tertiary/aromatic N) is 1. The first-order chi connectivity index (χ1) is 8.88. The highest BCUT2D eigenvalue weighted by Gasteiger charge is 2.26. The molecule has 0 bridgehead atoms. The largest absolute Gasteiger partial charge is 0.479 e. The molecule has 0 amide bonds. The predicted molar refractivity (Wildman–Crippen MR) is 74.7 cm³/mol. The Bertz CT molecular complexity index is 447. The van der Waals surface area contributed by atoms with Gasteiger partial charge in [0.1, 0.15) is 0 Å². The van der Waals surface area contributed by atoms with Gasteiger partial charge in [0, 0.05) is 12.2 Å². The van der Waals surface area contributed by atoms with Gasteiger partial charge < -0.3 is 14.7 Å². The van der Waals surface area contributed by atoms with Crippen molar-refractivity contribution < 1.29 is 14.6 Å². The molecule has 0 saturated carbocycles. The van der Waals surface area contributed by atoms with Crippen LogP contribution in [0.25, 0.3) is 0 Å². The standard InChI is InChI=1S/C15H21NO3/c1-15(2,3)11-4-6-12(7-5-11)16-8-9-19-13(10-16)14(17)18/h4-7,13H,8-10H2,1-3H3,(H,17,18). The van der Waals surface area contributed by atoms with Gasteiger partial charge in [0.15, 0.2) is 6.10 Å². The molecular formula is C15H21NO3.